The number of amides is 1. The van der Waals surface area contributed by atoms with E-state index in [0.717, 1.165) is 44.7 Å². The zero-order valence-corrected chi connectivity index (χ0v) is 14.7. The van der Waals surface area contributed by atoms with Gasteiger partial charge in [0.25, 0.3) is 0 Å². The summed E-state index contributed by atoms with van der Waals surface area (Å²) in [7, 11) is 0. The van der Waals surface area contributed by atoms with Gasteiger partial charge in [0.15, 0.2) is 0 Å². The molecule has 1 fully saturated rings. The van der Waals surface area contributed by atoms with E-state index in [1.807, 2.05) is 41.3 Å². The lowest BCUT2D eigenvalue weighted by molar-refractivity contribution is -0.134. The molecule has 3 rings (SSSR count). The number of nitrogens with two attached hydrogens (primary N) is 1. The highest BCUT2D eigenvalue weighted by atomic mass is 16.2. The molecule has 1 amide bonds. The van der Waals surface area contributed by atoms with Gasteiger partial charge in [-0.15, -0.1) is 0 Å². The highest BCUT2D eigenvalue weighted by molar-refractivity contribution is 5.82. The van der Waals surface area contributed by atoms with Gasteiger partial charge in [-0.2, -0.15) is 0 Å². The van der Waals surface area contributed by atoms with Crippen molar-refractivity contribution in [3.8, 4) is 0 Å². The van der Waals surface area contributed by atoms with E-state index in [0.29, 0.717) is 6.42 Å². The smallest absolute Gasteiger partial charge is 0.239 e. The second-order valence-electron chi connectivity index (χ2n) is 6.70. The van der Waals surface area contributed by atoms with Gasteiger partial charge >= 0.3 is 0 Å². The maximum atomic E-state index is 12.6. The Balaban J connectivity index is 1.42. The van der Waals surface area contributed by atoms with Crippen LogP contribution in [0.2, 0.25) is 0 Å². The van der Waals surface area contributed by atoms with Crippen molar-refractivity contribution in [1.29, 1.82) is 0 Å². The minimum absolute atomic E-state index is 0.0755. The molecule has 2 aromatic carbocycles. The molecule has 1 atom stereocenters. The molecule has 132 valence electrons. The van der Waals surface area contributed by atoms with Crippen LogP contribution in [0, 0.1) is 0 Å². The average molecular weight is 337 g/mol. The van der Waals surface area contributed by atoms with E-state index in [2.05, 4.69) is 29.2 Å². The third-order valence-corrected chi connectivity index (χ3v) is 4.86. The van der Waals surface area contributed by atoms with Gasteiger partial charge in [0, 0.05) is 32.7 Å². The fraction of sp³-hybridized carbons (Fsp3) is 0.381. The Labute approximate surface area is 150 Å². The van der Waals surface area contributed by atoms with E-state index in [9.17, 15) is 4.79 Å². The van der Waals surface area contributed by atoms with Crippen molar-refractivity contribution < 1.29 is 4.79 Å². The Bertz CT molecular complexity index is 651. The lowest BCUT2D eigenvalue weighted by Crippen LogP contribution is -2.53. The van der Waals surface area contributed by atoms with Crippen LogP contribution in [-0.2, 0) is 17.6 Å². The number of hydrogen-bond donors (Lipinski definition) is 1. The quantitative estimate of drug-likeness (QED) is 0.876. The molecule has 1 aliphatic heterocycles. The third-order valence-electron chi connectivity index (χ3n) is 4.86. The van der Waals surface area contributed by atoms with Crippen molar-refractivity contribution >= 4 is 5.91 Å². The van der Waals surface area contributed by atoms with Crippen LogP contribution in [0.25, 0.3) is 0 Å². The summed E-state index contributed by atoms with van der Waals surface area (Å²) in [6.07, 6.45) is 1.66. The van der Waals surface area contributed by atoms with Gasteiger partial charge in [0.1, 0.15) is 0 Å². The maximum absolute atomic E-state index is 12.6. The van der Waals surface area contributed by atoms with E-state index in [1.54, 1.807) is 0 Å². The number of carbonyl (C=O) groups is 1. The molecule has 1 aliphatic rings. The van der Waals surface area contributed by atoms with Crippen LogP contribution in [0.5, 0.6) is 0 Å². The Morgan fingerprint density at radius 1 is 0.880 bits per heavy atom. The standard InChI is InChI=1S/C21H27N3O/c22-20(17-19-9-5-2-6-10-19)21(25)24-15-13-23(14-16-24)12-11-18-7-3-1-4-8-18/h1-10,20H,11-17,22H2. The van der Waals surface area contributed by atoms with Crippen LogP contribution in [-0.4, -0.2) is 54.5 Å². The summed E-state index contributed by atoms with van der Waals surface area (Å²) in [4.78, 5) is 16.9. The minimum Gasteiger partial charge on any atom is -0.339 e. The molecule has 0 bridgehead atoms. The SMILES string of the molecule is NC(Cc1ccccc1)C(=O)N1CCN(CCc2ccccc2)CC1. The molecule has 2 aromatic rings. The van der Waals surface area contributed by atoms with Crippen LogP contribution >= 0.6 is 0 Å². The van der Waals surface area contributed by atoms with Gasteiger partial charge in [0.05, 0.1) is 6.04 Å². The fourth-order valence-electron chi connectivity index (χ4n) is 3.31. The van der Waals surface area contributed by atoms with Gasteiger partial charge in [-0.3, -0.25) is 9.69 Å². The number of hydrogen-bond acceptors (Lipinski definition) is 3. The highest BCUT2D eigenvalue weighted by Crippen LogP contribution is 2.09. The second kappa shape index (κ2) is 8.79. The van der Waals surface area contributed by atoms with Crippen molar-refractivity contribution in [2.45, 2.75) is 18.9 Å². The van der Waals surface area contributed by atoms with E-state index in [-0.39, 0.29) is 5.91 Å². The first-order chi connectivity index (χ1) is 12.2. The normalized spacial score (nSPS) is 16.6. The molecule has 25 heavy (non-hydrogen) atoms. The first-order valence-corrected chi connectivity index (χ1v) is 9.07. The zero-order chi connectivity index (χ0) is 17.5. The molecule has 0 aromatic heterocycles. The van der Waals surface area contributed by atoms with Gasteiger partial charge in [-0.25, -0.2) is 0 Å². The van der Waals surface area contributed by atoms with Crippen LogP contribution < -0.4 is 5.73 Å². The summed E-state index contributed by atoms with van der Waals surface area (Å²) in [5.41, 5.74) is 8.63. The third kappa shape index (κ3) is 5.15. The fourth-order valence-corrected chi connectivity index (χ4v) is 3.31. The summed E-state index contributed by atoms with van der Waals surface area (Å²) in [5.74, 6) is 0.0755. The van der Waals surface area contributed by atoms with Crippen molar-refractivity contribution in [2.24, 2.45) is 5.73 Å². The van der Waals surface area contributed by atoms with E-state index in [1.165, 1.54) is 5.56 Å². The Kier molecular flexibility index (Phi) is 6.20. The highest BCUT2D eigenvalue weighted by Gasteiger charge is 2.25. The van der Waals surface area contributed by atoms with Crippen LogP contribution in [0.4, 0.5) is 0 Å². The van der Waals surface area contributed by atoms with E-state index < -0.39 is 6.04 Å². The van der Waals surface area contributed by atoms with Gasteiger partial charge in [0.2, 0.25) is 5.91 Å². The molecule has 4 heteroatoms. The van der Waals surface area contributed by atoms with Gasteiger partial charge in [-0.05, 0) is 24.0 Å². The molecular formula is C21H27N3O. The van der Waals surface area contributed by atoms with E-state index >= 15 is 0 Å². The lowest BCUT2D eigenvalue weighted by Gasteiger charge is -2.36. The van der Waals surface area contributed by atoms with Crippen molar-refractivity contribution in [2.75, 3.05) is 32.7 Å². The Morgan fingerprint density at radius 2 is 1.44 bits per heavy atom. The van der Waals surface area contributed by atoms with Crippen molar-refractivity contribution in [3.05, 3.63) is 71.8 Å². The molecule has 1 saturated heterocycles. The average Bonchev–Trinajstić information content (AvgIpc) is 2.68. The lowest BCUT2D eigenvalue weighted by atomic mass is 10.1. The van der Waals surface area contributed by atoms with Crippen molar-refractivity contribution in [3.63, 3.8) is 0 Å². The molecule has 0 spiro atoms. The summed E-state index contributed by atoms with van der Waals surface area (Å²) in [5, 5.41) is 0. The summed E-state index contributed by atoms with van der Waals surface area (Å²) in [6, 6.07) is 20.1. The molecule has 1 unspecified atom stereocenters. The summed E-state index contributed by atoms with van der Waals surface area (Å²) < 4.78 is 0. The topological polar surface area (TPSA) is 49.6 Å². The second-order valence-corrected chi connectivity index (χ2v) is 6.70. The first kappa shape index (κ1) is 17.6. The minimum atomic E-state index is -0.446. The Hall–Kier alpha value is -2.17. The number of rotatable bonds is 6. The van der Waals surface area contributed by atoms with Crippen LogP contribution in [0.3, 0.4) is 0 Å². The number of benzene rings is 2. The number of carbonyl (C=O) groups excluding carboxylic acids is 1. The molecular weight excluding hydrogens is 310 g/mol. The first-order valence-electron chi connectivity index (χ1n) is 9.07. The predicted molar refractivity (Wildman–Crippen MR) is 101 cm³/mol. The molecule has 0 aliphatic carbocycles. The Morgan fingerprint density at radius 3 is 2.04 bits per heavy atom. The number of piperazine rings is 1. The van der Waals surface area contributed by atoms with Gasteiger partial charge < -0.3 is 10.6 Å². The largest absolute Gasteiger partial charge is 0.339 e. The van der Waals surface area contributed by atoms with Crippen LogP contribution in [0.1, 0.15) is 11.1 Å². The van der Waals surface area contributed by atoms with E-state index in [4.69, 9.17) is 5.73 Å². The molecule has 4 nitrogen and oxygen atoms in total. The molecule has 1 heterocycles. The summed E-state index contributed by atoms with van der Waals surface area (Å²) >= 11 is 0. The molecule has 2 N–H and O–H groups in total. The van der Waals surface area contributed by atoms with Gasteiger partial charge in [-0.1, -0.05) is 60.7 Å². The maximum Gasteiger partial charge on any atom is 0.239 e. The predicted octanol–water partition coefficient (Wildman–Crippen LogP) is 1.94. The monoisotopic (exact) mass is 337 g/mol. The summed E-state index contributed by atoms with van der Waals surface area (Å²) in [6.45, 7) is 4.45. The zero-order valence-electron chi connectivity index (χ0n) is 14.7. The van der Waals surface area contributed by atoms with Crippen molar-refractivity contribution in [1.82, 2.24) is 9.80 Å². The number of nitrogens with zero attached hydrogens (tertiary/aromatic N) is 2. The van der Waals surface area contributed by atoms with Crippen LogP contribution in [0.15, 0.2) is 60.7 Å². The molecule has 0 saturated carbocycles. The molecule has 0 radical (unpaired) electrons.